The monoisotopic (exact) mass is 470 g/mol. The predicted molar refractivity (Wildman–Crippen MR) is 123 cm³/mol. The second-order valence-corrected chi connectivity index (χ2v) is 8.19. The summed E-state index contributed by atoms with van der Waals surface area (Å²) in [4.78, 5) is 19.3. The van der Waals surface area contributed by atoms with Crippen LogP contribution in [-0.2, 0) is 11.2 Å². The Morgan fingerprint density at radius 2 is 1.97 bits per heavy atom. The van der Waals surface area contributed by atoms with Gasteiger partial charge in [0.1, 0.15) is 6.33 Å². The van der Waals surface area contributed by atoms with Gasteiger partial charge < -0.3 is 0 Å². The maximum atomic E-state index is 13.0. The van der Waals surface area contributed by atoms with Gasteiger partial charge in [0.2, 0.25) is 5.91 Å². The van der Waals surface area contributed by atoms with E-state index >= 15 is 0 Å². The van der Waals surface area contributed by atoms with Crippen molar-refractivity contribution in [1.29, 1.82) is 0 Å². The number of benzene rings is 2. The van der Waals surface area contributed by atoms with Crippen LogP contribution in [0.2, 0.25) is 10.0 Å². The lowest BCUT2D eigenvalue weighted by molar-refractivity contribution is -0.117. The predicted octanol–water partition coefficient (Wildman–Crippen LogP) is 4.85. The van der Waals surface area contributed by atoms with Crippen LogP contribution in [-0.4, -0.2) is 37.6 Å². The van der Waals surface area contributed by atoms with E-state index in [1.54, 1.807) is 27.8 Å². The van der Waals surface area contributed by atoms with Gasteiger partial charge in [-0.2, -0.15) is 0 Å². The van der Waals surface area contributed by atoms with Gasteiger partial charge in [0.05, 0.1) is 27.8 Å². The number of aromatic nitrogens is 5. The number of carbonyl (C=O) groups is 1. The van der Waals surface area contributed by atoms with Crippen LogP contribution in [0.3, 0.4) is 0 Å². The number of hydrogen-bond acceptors (Lipinski definition) is 6. The Hall–Kier alpha value is -3.07. The van der Waals surface area contributed by atoms with Gasteiger partial charge in [-0.25, -0.2) is 9.67 Å². The molecule has 0 bridgehead atoms. The normalized spacial score (nSPS) is 10.8. The summed E-state index contributed by atoms with van der Waals surface area (Å²) in [6.45, 7) is 4.13. The van der Waals surface area contributed by atoms with E-state index in [1.165, 1.54) is 17.7 Å². The molecule has 0 aliphatic carbocycles. The fourth-order valence-corrected chi connectivity index (χ4v) is 4.07. The van der Waals surface area contributed by atoms with Crippen LogP contribution in [0.1, 0.15) is 5.56 Å². The first-order chi connectivity index (χ1) is 15.0. The average Bonchev–Trinajstić information content (AvgIpc) is 3.47. The van der Waals surface area contributed by atoms with Crippen molar-refractivity contribution >= 4 is 45.6 Å². The molecule has 0 N–H and O–H groups in total. The van der Waals surface area contributed by atoms with E-state index in [-0.39, 0.29) is 12.3 Å². The lowest BCUT2D eigenvalue weighted by Crippen LogP contribution is -2.32. The van der Waals surface area contributed by atoms with E-state index in [1.807, 2.05) is 35.7 Å². The molecule has 4 aromatic rings. The largest absolute Gasteiger partial charge is 0.284 e. The van der Waals surface area contributed by atoms with E-state index in [0.29, 0.717) is 21.7 Å². The van der Waals surface area contributed by atoms with Crippen LogP contribution >= 0.6 is 34.5 Å². The van der Waals surface area contributed by atoms with Crippen LogP contribution < -0.4 is 4.90 Å². The molecule has 0 radical (unpaired) electrons. The fraction of sp³-hybridized carbons (Fsp3) is 0.0952. The van der Waals surface area contributed by atoms with E-state index in [9.17, 15) is 4.79 Å². The van der Waals surface area contributed by atoms with Crippen molar-refractivity contribution in [2.24, 2.45) is 0 Å². The van der Waals surface area contributed by atoms with Gasteiger partial charge in [-0.3, -0.25) is 9.69 Å². The second-order valence-electron chi connectivity index (χ2n) is 6.53. The molecule has 7 nitrogen and oxygen atoms in total. The fourth-order valence-electron chi connectivity index (χ4n) is 2.91. The lowest BCUT2D eigenvalue weighted by atomic mass is 10.1. The molecule has 156 valence electrons. The highest BCUT2D eigenvalue weighted by molar-refractivity contribution is 7.14. The molecule has 4 rings (SSSR count). The zero-order valence-electron chi connectivity index (χ0n) is 16.2. The first kappa shape index (κ1) is 21.2. The minimum Gasteiger partial charge on any atom is -0.284 e. The molecule has 0 spiro atoms. The molecule has 2 heterocycles. The van der Waals surface area contributed by atoms with Gasteiger partial charge in [0.15, 0.2) is 5.13 Å². The summed E-state index contributed by atoms with van der Waals surface area (Å²) in [6.07, 6.45) is 3.42. The third-order valence-corrected chi connectivity index (χ3v) is 6.06. The summed E-state index contributed by atoms with van der Waals surface area (Å²) in [7, 11) is 0. The smallest absolute Gasteiger partial charge is 0.233 e. The molecule has 10 heteroatoms. The van der Waals surface area contributed by atoms with Crippen LogP contribution in [0.4, 0.5) is 5.13 Å². The molecule has 0 saturated carbocycles. The summed E-state index contributed by atoms with van der Waals surface area (Å²) >= 11 is 13.5. The van der Waals surface area contributed by atoms with E-state index in [0.717, 1.165) is 22.5 Å². The topological polar surface area (TPSA) is 76.8 Å². The number of hydrogen-bond donors (Lipinski definition) is 0. The number of carbonyl (C=O) groups excluding carboxylic acids is 1. The van der Waals surface area contributed by atoms with Crippen molar-refractivity contribution in [3.8, 4) is 16.9 Å². The second kappa shape index (κ2) is 9.38. The molecular weight excluding hydrogens is 455 g/mol. The summed E-state index contributed by atoms with van der Waals surface area (Å²) < 4.78 is 1.55. The number of tetrazole rings is 1. The number of thiazole rings is 1. The SMILES string of the molecule is C=CCN(C(=O)Cc1ccc(-n2cnnn2)cc1)c1nc(-c2ccc(Cl)c(Cl)c2)cs1. The first-order valence-corrected chi connectivity index (χ1v) is 10.8. The zero-order chi connectivity index (χ0) is 21.8. The summed E-state index contributed by atoms with van der Waals surface area (Å²) in [5.41, 5.74) is 3.25. The maximum Gasteiger partial charge on any atom is 0.233 e. The minimum atomic E-state index is -0.0786. The van der Waals surface area contributed by atoms with Crippen molar-refractivity contribution < 1.29 is 4.79 Å². The average molecular weight is 471 g/mol. The van der Waals surface area contributed by atoms with Crippen molar-refractivity contribution in [3.63, 3.8) is 0 Å². The quantitative estimate of drug-likeness (QED) is 0.360. The number of anilines is 1. The number of amides is 1. The Morgan fingerprint density at radius 3 is 2.65 bits per heavy atom. The summed E-state index contributed by atoms with van der Waals surface area (Å²) in [6, 6.07) is 12.8. The van der Waals surface area contributed by atoms with Gasteiger partial charge in [0.25, 0.3) is 0 Å². The Morgan fingerprint density at radius 1 is 1.16 bits per heavy atom. The standard InChI is InChI=1S/C21H16Cl2N6OS/c1-2-9-28(21-25-19(12-31-21)15-5-8-17(22)18(23)11-15)20(30)10-14-3-6-16(7-4-14)29-13-24-26-27-29/h2-8,11-13H,1,9-10H2. The van der Waals surface area contributed by atoms with Gasteiger partial charge >= 0.3 is 0 Å². The molecule has 2 aromatic heterocycles. The van der Waals surface area contributed by atoms with E-state index < -0.39 is 0 Å². The zero-order valence-corrected chi connectivity index (χ0v) is 18.5. The molecule has 0 fully saturated rings. The third kappa shape index (κ3) is 4.82. The lowest BCUT2D eigenvalue weighted by Gasteiger charge is -2.18. The molecule has 0 aliphatic rings. The first-order valence-electron chi connectivity index (χ1n) is 9.19. The summed E-state index contributed by atoms with van der Waals surface area (Å²) in [5, 5.41) is 14.5. The summed E-state index contributed by atoms with van der Waals surface area (Å²) in [5.74, 6) is -0.0786. The Labute approximate surface area is 192 Å². The Bertz CT molecular complexity index is 1210. The van der Waals surface area contributed by atoms with Gasteiger partial charge in [-0.1, -0.05) is 47.5 Å². The van der Waals surface area contributed by atoms with Gasteiger partial charge in [-0.05, 0) is 40.3 Å². The molecule has 1 amide bonds. The molecular formula is C21H16Cl2N6OS. The number of halogens is 2. The van der Waals surface area contributed by atoms with E-state index in [2.05, 4.69) is 27.1 Å². The van der Waals surface area contributed by atoms with E-state index in [4.69, 9.17) is 23.2 Å². The number of nitrogens with zero attached hydrogens (tertiary/aromatic N) is 6. The van der Waals surface area contributed by atoms with Crippen LogP contribution in [0, 0.1) is 0 Å². The third-order valence-electron chi connectivity index (χ3n) is 4.46. The number of rotatable bonds is 7. The Balaban J connectivity index is 1.52. The highest BCUT2D eigenvalue weighted by Gasteiger charge is 2.19. The van der Waals surface area contributed by atoms with Crippen molar-refractivity contribution in [2.75, 3.05) is 11.4 Å². The molecule has 2 aromatic carbocycles. The molecule has 0 atom stereocenters. The van der Waals surface area contributed by atoms with Crippen LogP contribution in [0.5, 0.6) is 0 Å². The van der Waals surface area contributed by atoms with Crippen LogP contribution in [0.25, 0.3) is 16.9 Å². The highest BCUT2D eigenvalue weighted by atomic mass is 35.5. The van der Waals surface area contributed by atoms with Crippen molar-refractivity contribution in [3.05, 3.63) is 82.4 Å². The van der Waals surface area contributed by atoms with Crippen molar-refractivity contribution in [2.45, 2.75) is 6.42 Å². The minimum absolute atomic E-state index is 0.0786. The molecule has 0 aliphatic heterocycles. The van der Waals surface area contributed by atoms with Crippen molar-refractivity contribution in [1.82, 2.24) is 25.2 Å². The molecule has 0 unspecified atom stereocenters. The highest BCUT2D eigenvalue weighted by Crippen LogP contribution is 2.32. The van der Waals surface area contributed by atoms with Gasteiger partial charge in [-0.15, -0.1) is 23.0 Å². The van der Waals surface area contributed by atoms with Gasteiger partial charge in [0, 0.05) is 17.5 Å². The van der Waals surface area contributed by atoms with Crippen LogP contribution in [0.15, 0.2) is 66.8 Å². The molecule has 0 saturated heterocycles. The molecule has 31 heavy (non-hydrogen) atoms. The maximum absolute atomic E-state index is 13.0. The Kier molecular flexibility index (Phi) is 6.41.